The van der Waals surface area contributed by atoms with Crippen molar-refractivity contribution in [2.45, 2.75) is 16.1 Å². The zero-order valence-corrected chi connectivity index (χ0v) is 11.9. The van der Waals surface area contributed by atoms with Gasteiger partial charge in [-0.05, 0) is 35.4 Å². The SMILES string of the molecule is O=S1(=O)c2ccc(-c3ccc(F)nc3)cc2[C@@H]2CNC[C@H]21. The van der Waals surface area contributed by atoms with Gasteiger partial charge in [0.1, 0.15) is 0 Å². The van der Waals surface area contributed by atoms with E-state index >= 15 is 0 Å². The lowest BCUT2D eigenvalue weighted by Crippen LogP contribution is -2.22. The van der Waals surface area contributed by atoms with E-state index in [9.17, 15) is 12.8 Å². The van der Waals surface area contributed by atoms with Crippen LogP contribution >= 0.6 is 0 Å². The Bertz CT molecular complexity index is 818. The molecule has 0 radical (unpaired) electrons. The zero-order valence-electron chi connectivity index (χ0n) is 11.1. The van der Waals surface area contributed by atoms with Crippen LogP contribution in [0.25, 0.3) is 11.1 Å². The van der Waals surface area contributed by atoms with Crippen LogP contribution in [0.5, 0.6) is 0 Å². The van der Waals surface area contributed by atoms with Crippen LogP contribution < -0.4 is 5.32 Å². The van der Waals surface area contributed by atoms with Gasteiger partial charge in [0.05, 0.1) is 10.1 Å². The lowest BCUT2D eigenvalue weighted by atomic mass is 9.95. The van der Waals surface area contributed by atoms with Crippen LogP contribution in [0.1, 0.15) is 11.5 Å². The number of rotatable bonds is 1. The molecule has 1 fully saturated rings. The van der Waals surface area contributed by atoms with Gasteiger partial charge in [0.15, 0.2) is 9.84 Å². The summed E-state index contributed by atoms with van der Waals surface area (Å²) < 4.78 is 37.8. The molecule has 108 valence electrons. The minimum atomic E-state index is -3.23. The molecule has 1 aromatic carbocycles. The van der Waals surface area contributed by atoms with Crippen LogP contribution in [0, 0.1) is 5.95 Å². The van der Waals surface area contributed by atoms with Crippen molar-refractivity contribution in [3.05, 3.63) is 48.0 Å². The highest BCUT2D eigenvalue weighted by Crippen LogP contribution is 2.43. The van der Waals surface area contributed by atoms with Gasteiger partial charge >= 0.3 is 0 Å². The molecule has 2 aliphatic heterocycles. The van der Waals surface area contributed by atoms with E-state index in [0.29, 0.717) is 18.0 Å². The number of nitrogens with zero attached hydrogens (tertiary/aromatic N) is 1. The Kier molecular flexibility index (Phi) is 2.68. The molecular formula is C15H13FN2O2S. The maximum absolute atomic E-state index is 12.9. The Morgan fingerprint density at radius 3 is 2.71 bits per heavy atom. The van der Waals surface area contributed by atoms with Crippen LogP contribution in [-0.4, -0.2) is 31.7 Å². The van der Waals surface area contributed by atoms with Crippen molar-refractivity contribution in [2.75, 3.05) is 13.1 Å². The van der Waals surface area contributed by atoms with Gasteiger partial charge in [0.2, 0.25) is 5.95 Å². The predicted molar refractivity (Wildman–Crippen MR) is 76.2 cm³/mol. The van der Waals surface area contributed by atoms with Crippen molar-refractivity contribution in [3.8, 4) is 11.1 Å². The standard InChI is InChI=1S/C15H13FN2O2S/c16-15-4-2-10(6-18-15)9-1-3-13-11(5-9)12-7-17-8-14(12)21(13,19)20/h1-6,12,14,17H,7-8H2/t12-,14+/m0/s1. The Hall–Kier alpha value is -1.79. The van der Waals surface area contributed by atoms with Gasteiger partial charge in [-0.15, -0.1) is 0 Å². The van der Waals surface area contributed by atoms with E-state index in [1.54, 1.807) is 18.2 Å². The number of halogens is 1. The molecule has 0 aliphatic carbocycles. The average Bonchev–Trinajstić information content (AvgIpc) is 3.03. The molecule has 6 heteroatoms. The van der Waals surface area contributed by atoms with Gasteiger partial charge in [-0.1, -0.05) is 6.07 Å². The number of fused-ring (bicyclic) bond motifs is 3. The third-order valence-electron chi connectivity index (χ3n) is 4.33. The average molecular weight is 304 g/mol. The summed E-state index contributed by atoms with van der Waals surface area (Å²) in [5, 5.41) is 2.79. The second kappa shape index (κ2) is 4.35. The van der Waals surface area contributed by atoms with E-state index in [2.05, 4.69) is 10.3 Å². The Balaban J connectivity index is 1.86. The number of sulfone groups is 1. The number of hydrogen-bond acceptors (Lipinski definition) is 4. The maximum atomic E-state index is 12.9. The Morgan fingerprint density at radius 2 is 1.95 bits per heavy atom. The molecule has 4 rings (SSSR count). The minimum absolute atomic E-state index is 0.0124. The molecule has 21 heavy (non-hydrogen) atoms. The first-order chi connectivity index (χ1) is 10.1. The monoisotopic (exact) mass is 304 g/mol. The highest BCUT2D eigenvalue weighted by molar-refractivity contribution is 7.92. The Morgan fingerprint density at radius 1 is 1.14 bits per heavy atom. The van der Waals surface area contributed by atoms with E-state index in [1.165, 1.54) is 12.3 Å². The molecule has 0 spiro atoms. The summed E-state index contributed by atoms with van der Waals surface area (Å²) in [7, 11) is -3.23. The summed E-state index contributed by atoms with van der Waals surface area (Å²) in [6, 6.07) is 8.29. The van der Waals surface area contributed by atoms with Crippen molar-refractivity contribution in [1.29, 1.82) is 0 Å². The molecule has 0 unspecified atom stereocenters. The lowest BCUT2D eigenvalue weighted by molar-refractivity contribution is 0.584. The molecule has 2 aromatic rings. The van der Waals surface area contributed by atoms with Gasteiger partial charge in [0.25, 0.3) is 0 Å². The summed E-state index contributed by atoms with van der Waals surface area (Å²) in [6.07, 6.45) is 1.46. The number of aromatic nitrogens is 1. The van der Waals surface area contributed by atoms with Crippen LogP contribution in [0.2, 0.25) is 0 Å². The topological polar surface area (TPSA) is 59.1 Å². The van der Waals surface area contributed by atoms with Crippen molar-refractivity contribution in [1.82, 2.24) is 10.3 Å². The summed E-state index contributed by atoms with van der Waals surface area (Å²) in [4.78, 5) is 4.09. The number of hydrogen-bond donors (Lipinski definition) is 1. The van der Waals surface area contributed by atoms with Gasteiger partial charge in [0, 0.05) is 30.8 Å². The third-order valence-corrected chi connectivity index (χ3v) is 6.61. The molecule has 2 aliphatic rings. The second-order valence-electron chi connectivity index (χ2n) is 5.47. The van der Waals surface area contributed by atoms with Gasteiger partial charge in [-0.2, -0.15) is 4.39 Å². The van der Waals surface area contributed by atoms with Crippen LogP contribution in [0.15, 0.2) is 41.4 Å². The van der Waals surface area contributed by atoms with Crippen molar-refractivity contribution in [3.63, 3.8) is 0 Å². The van der Waals surface area contributed by atoms with Crippen molar-refractivity contribution < 1.29 is 12.8 Å². The summed E-state index contributed by atoms with van der Waals surface area (Å²) in [6.45, 7) is 1.19. The van der Waals surface area contributed by atoms with Gasteiger partial charge in [-0.25, -0.2) is 13.4 Å². The number of nitrogens with one attached hydrogen (secondary N) is 1. The highest BCUT2D eigenvalue weighted by atomic mass is 32.2. The first-order valence-electron chi connectivity index (χ1n) is 6.78. The Labute approximate surface area is 121 Å². The molecule has 0 saturated carbocycles. The molecule has 3 heterocycles. The fourth-order valence-electron chi connectivity index (χ4n) is 3.28. The number of benzene rings is 1. The van der Waals surface area contributed by atoms with Gasteiger partial charge < -0.3 is 5.32 Å². The highest BCUT2D eigenvalue weighted by Gasteiger charge is 2.47. The lowest BCUT2D eigenvalue weighted by Gasteiger charge is -2.08. The maximum Gasteiger partial charge on any atom is 0.212 e. The van der Waals surface area contributed by atoms with Crippen LogP contribution in [0.4, 0.5) is 4.39 Å². The quantitative estimate of drug-likeness (QED) is 0.815. The third kappa shape index (κ3) is 1.82. The first kappa shape index (κ1) is 12.9. The van der Waals surface area contributed by atoms with Crippen molar-refractivity contribution in [2.24, 2.45) is 0 Å². The second-order valence-corrected chi connectivity index (χ2v) is 7.61. The van der Waals surface area contributed by atoms with E-state index in [1.807, 2.05) is 6.07 Å². The van der Waals surface area contributed by atoms with E-state index < -0.39 is 15.8 Å². The smallest absolute Gasteiger partial charge is 0.212 e. The first-order valence-corrected chi connectivity index (χ1v) is 8.32. The van der Waals surface area contributed by atoms with Crippen LogP contribution in [0.3, 0.4) is 0 Å². The molecule has 4 nitrogen and oxygen atoms in total. The zero-order chi connectivity index (χ0) is 14.6. The van der Waals surface area contributed by atoms with Gasteiger partial charge in [-0.3, -0.25) is 0 Å². The summed E-state index contributed by atoms with van der Waals surface area (Å²) in [5.41, 5.74) is 2.52. The minimum Gasteiger partial charge on any atom is -0.315 e. The predicted octanol–water partition coefficient (Wildman–Crippen LogP) is 1.73. The molecule has 0 bridgehead atoms. The van der Waals surface area contributed by atoms with Crippen molar-refractivity contribution >= 4 is 9.84 Å². The van der Waals surface area contributed by atoms with E-state index in [0.717, 1.165) is 16.7 Å². The molecule has 2 atom stereocenters. The number of pyridine rings is 1. The molecule has 1 aromatic heterocycles. The van der Waals surface area contributed by atoms with E-state index in [4.69, 9.17) is 0 Å². The summed E-state index contributed by atoms with van der Waals surface area (Å²) >= 11 is 0. The molecule has 1 N–H and O–H groups in total. The van der Waals surface area contributed by atoms with Crippen LogP contribution in [-0.2, 0) is 9.84 Å². The molecular weight excluding hydrogens is 291 g/mol. The summed E-state index contributed by atoms with van der Waals surface area (Å²) in [5.74, 6) is -0.513. The largest absolute Gasteiger partial charge is 0.315 e. The molecule has 0 amide bonds. The van der Waals surface area contributed by atoms with E-state index in [-0.39, 0.29) is 11.2 Å². The fraction of sp³-hybridized carbons (Fsp3) is 0.267. The fourth-order valence-corrected chi connectivity index (χ4v) is 5.41. The normalized spacial score (nSPS) is 25.6. The molecule has 1 saturated heterocycles.